The molecule has 0 saturated heterocycles. The molecule has 0 spiro atoms. The Morgan fingerprint density at radius 3 is 1.57 bits per heavy atom. The topological polar surface area (TPSA) is 89.6 Å². The first kappa shape index (κ1) is 16.3. The fourth-order valence-corrected chi connectivity index (χ4v) is 2.15. The van der Waals surface area contributed by atoms with Crippen LogP contribution in [0.3, 0.4) is 0 Å². The third kappa shape index (κ3) is 5.01. The average molecular weight is 328 g/mol. The van der Waals surface area contributed by atoms with E-state index in [1.54, 1.807) is 0 Å². The van der Waals surface area contributed by atoms with Gasteiger partial charge in [0.2, 0.25) is 0 Å². The van der Waals surface area contributed by atoms with Crippen molar-refractivity contribution in [2.24, 2.45) is 4.36 Å². The number of non-ortho nitro benzene ring substituents is 1. The molecule has 7 heteroatoms. The molecule has 6 nitrogen and oxygen atoms in total. The lowest BCUT2D eigenvalue weighted by Gasteiger charge is -1.92. The van der Waals surface area contributed by atoms with Gasteiger partial charge in [-0.25, -0.2) is 0 Å². The summed E-state index contributed by atoms with van der Waals surface area (Å²) < 4.78 is 23.3. The summed E-state index contributed by atoms with van der Waals surface area (Å²) >= 11 is 0. The molecule has 0 saturated carbocycles. The Kier molecular flexibility index (Phi) is 5.54. The molecule has 0 aliphatic rings. The van der Waals surface area contributed by atoms with Crippen molar-refractivity contribution >= 4 is 32.6 Å². The SMILES string of the molecule is O=[N+]([O-])c1ccc(N=S(=O)=O)cc1.c1ccc2ccccc2c1. The molecule has 23 heavy (non-hydrogen) atoms. The highest BCUT2D eigenvalue weighted by atomic mass is 32.2. The van der Waals surface area contributed by atoms with E-state index in [-0.39, 0.29) is 11.4 Å². The van der Waals surface area contributed by atoms with Crippen LogP contribution < -0.4 is 0 Å². The van der Waals surface area contributed by atoms with Gasteiger partial charge in [-0.2, -0.15) is 8.42 Å². The van der Waals surface area contributed by atoms with Gasteiger partial charge in [-0.3, -0.25) is 10.1 Å². The standard InChI is InChI=1S/C10H8.C6H4N2O4S/c1-2-6-10-8-4-3-7-9(10)5-1;9-8(10)6-3-1-5(2-4-6)7-13(11)12/h1-8H;1-4H. The summed E-state index contributed by atoms with van der Waals surface area (Å²) in [6, 6.07) is 21.6. The highest BCUT2D eigenvalue weighted by Crippen LogP contribution is 2.17. The van der Waals surface area contributed by atoms with Crippen molar-refractivity contribution in [3.8, 4) is 0 Å². The van der Waals surface area contributed by atoms with Crippen LogP contribution in [0.4, 0.5) is 11.4 Å². The van der Waals surface area contributed by atoms with Gasteiger partial charge >= 0.3 is 10.5 Å². The fourth-order valence-electron chi connectivity index (χ4n) is 1.85. The smallest absolute Gasteiger partial charge is 0.258 e. The van der Waals surface area contributed by atoms with Gasteiger partial charge in [0.1, 0.15) is 0 Å². The van der Waals surface area contributed by atoms with Crippen LogP contribution in [-0.2, 0) is 10.5 Å². The van der Waals surface area contributed by atoms with E-state index in [2.05, 4.69) is 52.9 Å². The molecule has 0 aliphatic carbocycles. The van der Waals surface area contributed by atoms with E-state index in [0.717, 1.165) is 0 Å². The first-order valence-corrected chi connectivity index (χ1v) is 7.59. The Bertz CT molecular complexity index is 878. The zero-order valence-electron chi connectivity index (χ0n) is 11.9. The zero-order chi connectivity index (χ0) is 16.7. The summed E-state index contributed by atoms with van der Waals surface area (Å²) in [5, 5.41) is 12.8. The molecular formula is C16H12N2O4S. The number of rotatable bonds is 2. The number of fused-ring (bicyclic) bond motifs is 1. The molecule has 3 aromatic carbocycles. The molecule has 0 unspecified atom stereocenters. The minimum absolute atomic E-state index is 0.101. The Hall–Kier alpha value is -3.06. The summed E-state index contributed by atoms with van der Waals surface area (Å²) in [7, 11) is -2.53. The van der Waals surface area contributed by atoms with Gasteiger partial charge in [0.15, 0.2) is 0 Å². The molecule has 0 aliphatic heterocycles. The van der Waals surface area contributed by atoms with E-state index < -0.39 is 15.4 Å². The lowest BCUT2D eigenvalue weighted by molar-refractivity contribution is -0.384. The van der Waals surface area contributed by atoms with Crippen molar-refractivity contribution in [1.82, 2.24) is 0 Å². The number of nitro benzene ring substituents is 1. The van der Waals surface area contributed by atoms with Gasteiger partial charge in [-0.05, 0) is 22.9 Å². The maximum atomic E-state index is 10.2. The van der Waals surface area contributed by atoms with Gasteiger partial charge in [-0.1, -0.05) is 48.5 Å². The number of nitrogens with zero attached hydrogens (tertiary/aromatic N) is 2. The largest absolute Gasteiger partial charge is 0.316 e. The maximum Gasteiger partial charge on any atom is 0.316 e. The highest BCUT2D eigenvalue weighted by Gasteiger charge is 2.02. The second-order valence-corrected chi connectivity index (χ2v) is 5.05. The molecule has 0 radical (unpaired) electrons. The minimum atomic E-state index is -2.53. The third-order valence-electron chi connectivity index (χ3n) is 2.90. The first-order chi connectivity index (χ1) is 11.1. The quantitative estimate of drug-likeness (QED) is 0.522. The van der Waals surface area contributed by atoms with Gasteiger partial charge in [-0.15, -0.1) is 4.36 Å². The van der Waals surface area contributed by atoms with Crippen molar-refractivity contribution in [3.63, 3.8) is 0 Å². The van der Waals surface area contributed by atoms with E-state index in [4.69, 9.17) is 0 Å². The van der Waals surface area contributed by atoms with Crippen molar-refractivity contribution < 1.29 is 13.3 Å². The molecule has 0 aromatic heterocycles. The van der Waals surface area contributed by atoms with E-state index in [1.165, 1.54) is 35.0 Å². The van der Waals surface area contributed by atoms with Crippen molar-refractivity contribution in [2.45, 2.75) is 0 Å². The molecule has 0 heterocycles. The van der Waals surface area contributed by atoms with Gasteiger partial charge in [0.25, 0.3) is 5.69 Å². The molecule has 0 bridgehead atoms. The summed E-state index contributed by atoms with van der Waals surface area (Å²) in [6.07, 6.45) is 0. The fraction of sp³-hybridized carbons (Fsp3) is 0. The molecular weight excluding hydrogens is 316 g/mol. The van der Waals surface area contributed by atoms with Crippen LogP contribution in [0.5, 0.6) is 0 Å². The number of hydrogen-bond acceptors (Lipinski definition) is 5. The van der Waals surface area contributed by atoms with Crippen LogP contribution in [0.25, 0.3) is 10.8 Å². The van der Waals surface area contributed by atoms with Crippen LogP contribution >= 0.6 is 0 Å². The molecule has 0 atom stereocenters. The Morgan fingerprint density at radius 2 is 1.22 bits per heavy atom. The van der Waals surface area contributed by atoms with Gasteiger partial charge < -0.3 is 0 Å². The van der Waals surface area contributed by atoms with Crippen LogP contribution in [-0.4, -0.2) is 13.3 Å². The zero-order valence-corrected chi connectivity index (χ0v) is 12.7. The van der Waals surface area contributed by atoms with Gasteiger partial charge in [0, 0.05) is 12.1 Å². The average Bonchev–Trinajstić information content (AvgIpc) is 2.55. The van der Waals surface area contributed by atoms with Crippen LogP contribution in [0.1, 0.15) is 0 Å². The monoisotopic (exact) mass is 328 g/mol. The van der Waals surface area contributed by atoms with Crippen molar-refractivity contribution in [2.75, 3.05) is 0 Å². The predicted octanol–water partition coefficient (Wildman–Crippen LogP) is 4.13. The van der Waals surface area contributed by atoms with Crippen LogP contribution in [0.15, 0.2) is 77.2 Å². The Balaban J connectivity index is 0.000000172. The summed E-state index contributed by atoms with van der Waals surface area (Å²) in [6.45, 7) is 0. The Morgan fingerprint density at radius 1 is 0.783 bits per heavy atom. The summed E-state index contributed by atoms with van der Waals surface area (Å²) in [5.74, 6) is 0. The van der Waals surface area contributed by atoms with Crippen molar-refractivity contribution in [1.29, 1.82) is 0 Å². The molecule has 116 valence electrons. The molecule has 3 rings (SSSR count). The number of benzene rings is 3. The first-order valence-electron chi connectivity index (χ1n) is 6.55. The predicted molar refractivity (Wildman–Crippen MR) is 88.1 cm³/mol. The number of nitro groups is 1. The second kappa shape index (κ2) is 7.81. The van der Waals surface area contributed by atoms with E-state index in [0.29, 0.717) is 0 Å². The van der Waals surface area contributed by atoms with E-state index >= 15 is 0 Å². The molecule has 0 fully saturated rings. The van der Waals surface area contributed by atoms with Crippen LogP contribution in [0, 0.1) is 10.1 Å². The van der Waals surface area contributed by atoms with Crippen molar-refractivity contribution in [3.05, 3.63) is 82.9 Å². The lowest BCUT2D eigenvalue weighted by Crippen LogP contribution is -1.85. The molecule has 3 aromatic rings. The Labute approximate surface area is 133 Å². The van der Waals surface area contributed by atoms with E-state index in [1.807, 2.05) is 0 Å². The summed E-state index contributed by atoms with van der Waals surface area (Å²) in [4.78, 5) is 9.62. The number of hydrogen-bond donors (Lipinski definition) is 0. The van der Waals surface area contributed by atoms with Gasteiger partial charge in [0.05, 0.1) is 10.6 Å². The van der Waals surface area contributed by atoms with Crippen LogP contribution in [0.2, 0.25) is 0 Å². The highest BCUT2D eigenvalue weighted by molar-refractivity contribution is 7.61. The summed E-state index contributed by atoms with van der Waals surface area (Å²) in [5.41, 5.74) is 0.0644. The molecule has 0 amide bonds. The third-order valence-corrected chi connectivity index (χ3v) is 3.26. The second-order valence-electron chi connectivity index (χ2n) is 4.43. The van der Waals surface area contributed by atoms with E-state index in [9.17, 15) is 18.5 Å². The lowest BCUT2D eigenvalue weighted by atomic mass is 10.1. The normalized spacial score (nSPS) is 9.57. The minimum Gasteiger partial charge on any atom is -0.258 e. The molecule has 0 N–H and O–H groups in total. The maximum absolute atomic E-state index is 10.2.